The quantitative estimate of drug-likeness (QED) is 0.0264. The molecule has 2 atom stereocenters. The molecule has 72 heavy (non-hydrogen) atoms. The van der Waals surface area contributed by atoms with Crippen molar-refractivity contribution in [1.29, 1.82) is 0 Å². The SMILES string of the molecule is CC/C=C\C/C=C\C/C=C\C/C=C\C/C=C\C/C=C\CCCCCCCCCCCCCCCCCCC(=O)OC(COC(=O)CCCCCCC/C=C\CCCCCCCCC)COP(=O)(O)OCCN. The summed E-state index contributed by atoms with van der Waals surface area (Å²) in [5.41, 5.74) is 5.38. The molecule has 0 aliphatic carbocycles. The van der Waals surface area contributed by atoms with E-state index in [0.717, 1.165) is 96.3 Å². The Hall–Kier alpha value is -2.81. The van der Waals surface area contributed by atoms with Crippen LogP contribution in [0.3, 0.4) is 0 Å². The van der Waals surface area contributed by atoms with Gasteiger partial charge in [0.05, 0.1) is 13.2 Å². The van der Waals surface area contributed by atoms with Gasteiger partial charge < -0.3 is 20.1 Å². The molecular formula is C62H110NO8P. The van der Waals surface area contributed by atoms with Gasteiger partial charge in [0.25, 0.3) is 0 Å². The molecule has 0 rings (SSSR count). The zero-order valence-electron chi connectivity index (χ0n) is 46.4. The van der Waals surface area contributed by atoms with E-state index >= 15 is 0 Å². The second kappa shape index (κ2) is 57.5. The fourth-order valence-electron chi connectivity index (χ4n) is 8.16. The van der Waals surface area contributed by atoms with Crippen molar-refractivity contribution in [2.24, 2.45) is 5.73 Å². The van der Waals surface area contributed by atoms with Crippen LogP contribution in [-0.2, 0) is 32.7 Å². The van der Waals surface area contributed by atoms with Crippen LogP contribution in [0.5, 0.6) is 0 Å². The number of unbranched alkanes of at least 4 members (excludes halogenated alkanes) is 28. The van der Waals surface area contributed by atoms with Gasteiger partial charge >= 0.3 is 19.8 Å². The topological polar surface area (TPSA) is 134 Å². The molecule has 0 aromatic carbocycles. The van der Waals surface area contributed by atoms with E-state index in [1.807, 2.05) is 0 Å². The van der Waals surface area contributed by atoms with Crippen LogP contribution >= 0.6 is 7.82 Å². The molecule has 0 heterocycles. The highest BCUT2D eigenvalue weighted by Gasteiger charge is 2.26. The Morgan fingerprint density at radius 2 is 0.764 bits per heavy atom. The van der Waals surface area contributed by atoms with Gasteiger partial charge in [0, 0.05) is 19.4 Å². The number of hydrogen-bond acceptors (Lipinski definition) is 8. The van der Waals surface area contributed by atoms with E-state index in [0.29, 0.717) is 6.42 Å². The first-order chi connectivity index (χ1) is 35.3. The van der Waals surface area contributed by atoms with Crippen LogP contribution in [0.15, 0.2) is 85.1 Å². The van der Waals surface area contributed by atoms with Gasteiger partial charge in [0.1, 0.15) is 6.61 Å². The molecule has 416 valence electrons. The molecule has 3 N–H and O–H groups in total. The Kier molecular flexibility index (Phi) is 55.2. The Morgan fingerprint density at radius 1 is 0.431 bits per heavy atom. The number of esters is 2. The average molecular weight is 1030 g/mol. The first kappa shape index (κ1) is 69.2. The van der Waals surface area contributed by atoms with Gasteiger partial charge in [-0.25, -0.2) is 4.57 Å². The summed E-state index contributed by atoms with van der Waals surface area (Å²) >= 11 is 0. The minimum absolute atomic E-state index is 0.0507. The minimum atomic E-state index is -4.39. The number of rotatable bonds is 55. The van der Waals surface area contributed by atoms with Gasteiger partial charge in [0.15, 0.2) is 6.10 Å². The lowest BCUT2D eigenvalue weighted by atomic mass is 10.0. The van der Waals surface area contributed by atoms with Crippen molar-refractivity contribution >= 4 is 19.8 Å². The van der Waals surface area contributed by atoms with Crippen molar-refractivity contribution in [3.05, 3.63) is 85.1 Å². The second-order valence-corrected chi connectivity index (χ2v) is 20.9. The lowest BCUT2D eigenvalue weighted by molar-refractivity contribution is -0.161. The maximum absolute atomic E-state index is 12.7. The molecule has 0 aliphatic rings. The summed E-state index contributed by atoms with van der Waals surface area (Å²) < 4.78 is 33.0. The molecule has 0 radical (unpaired) electrons. The zero-order valence-corrected chi connectivity index (χ0v) is 47.3. The predicted octanol–water partition coefficient (Wildman–Crippen LogP) is 18.7. The smallest absolute Gasteiger partial charge is 0.462 e. The van der Waals surface area contributed by atoms with Crippen molar-refractivity contribution in [2.45, 2.75) is 270 Å². The normalized spacial score (nSPS) is 13.7. The highest BCUT2D eigenvalue weighted by molar-refractivity contribution is 7.47. The molecule has 0 aromatic rings. The largest absolute Gasteiger partial charge is 0.472 e. The summed E-state index contributed by atoms with van der Waals surface area (Å²) in [6.45, 7) is 3.63. The van der Waals surface area contributed by atoms with Crippen molar-refractivity contribution in [2.75, 3.05) is 26.4 Å². The Balaban J connectivity index is 3.90. The van der Waals surface area contributed by atoms with E-state index in [1.165, 1.54) is 135 Å². The highest BCUT2D eigenvalue weighted by atomic mass is 31.2. The number of phosphoric acid groups is 1. The van der Waals surface area contributed by atoms with Gasteiger partial charge in [-0.15, -0.1) is 0 Å². The number of hydrogen-bond donors (Lipinski definition) is 2. The molecule has 0 spiro atoms. The number of nitrogens with two attached hydrogens (primary N) is 1. The van der Waals surface area contributed by atoms with Crippen LogP contribution in [0.2, 0.25) is 0 Å². The third-order valence-corrected chi connectivity index (χ3v) is 13.5. The maximum atomic E-state index is 12.7. The second-order valence-electron chi connectivity index (χ2n) is 19.5. The zero-order chi connectivity index (χ0) is 52.4. The van der Waals surface area contributed by atoms with Crippen LogP contribution in [0.25, 0.3) is 0 Å². The predicted molar refractivity (Wildman–Crippen MR) is 307 cm³/mol. The van der Waals surface area contributed by atoms with Crippen LogP contribution in [0, 0.1) is 0 Å². The Bertz CT molecular complexity index is 1450. The molecule has 0 bridgehead atoms. The van der Waals surface area contributed by atoms with Crippen LogP contribution in [-0.4, -0.2) is 49.3 Å². The van der Waals surface area contributed by atoms with E-state index in [9.17, 15) is 19.0 Å². The molecule has 0 amide bonds. The van der Waals surface area contributed by atoms with Gasteiger partial charge in [-0.3, -0.25) is 18.6 Å². The van der Waals surface area contributed by atoms with Crippen molar-refractivity contribution < 1.29 is 37.6 Å². The minimum Gasteiger partial charge on any atom is -0.462 e. The van der Waals surface area contributed by atoms with Crippen molar-refractivity contribution in [3.8, 4) is 0 Å². The number of carbonyl (C=O) groups excluding carboxylic acids is 2. The third-order valence-electron chi connectivity index (χ3n) is 12.5. The summed E-state index contributed by atoms with van der Waals surface area (Å²) in [6, 6.07) is 0. The first-order valence-corrected chi connectivity index (χ1v) is 31.1. The third kappa shape index (κ3) is 56.5. The lowest BCUT2D eigenvalue weighted by Gasteiger charge is -2.19. The summed E-state index contributed by atoms with van der Waals surface area (Å²) in [4.78, 5) is 35.1. The Morgan fingerprint density at radius 3 is 1.15 bits per heavy atom. The molecule has 9 nitrogen and oxygen atoms in total. The monoisotopic (exact) mass is 1030 g/mol. The summed E-state index contributed by atoms with van der Waals surface area (Å²) in [5.74, 6) is -0.832. The lowest BCUT2D eigenvalue weighted by Crippen LogP contribution is -2.29. The molecule has 10 heteroatoms. The number of carbonyl (C=O) groups is 2. The van der Waals surface area contributed by atoms with E-state index in [1.54, 1.807) is 0 Å². The maximum Gasteiger partial charge on any atom is 0.472 e. The van der Waals surface area contributed by atoms with Gasteiger partial charge in [-0.05, 0) is 89.9 Å². The van der Waals surface area contributed by atoms with Gasteiger partial charge in [-0.2, -0.15) is 0 Å². The van der Waals surface area contributed by atoms with Gasteiger partial charge in [-0.1, -0.05) is 247 Å². The standard InChI is InChI=1S/C62H110NO8P/c1-3-5-7-9-11-13-15-17-19-21-22-23-24-25-26-27-28-29-30-31-32-33-34-35-36-37-38-39-41-43-45-47-49-51-53-55-62(65)71-60(59-70-72(66,67)69-57-56-63)58-68-61(64)54-52-50-48-46-44-42-40-20-18-16-14-12-10-8-6-4-2/h5,7,11,13,17,19-20,22-23,25-26,28-29,40,60H,3-4,6,8-10,12,14-16,18,21,24,27,30-39,41-59,63H2,1-2H3,(H,66,67)/b7-5-,13-11-,19-17-,23-22-,26-25-,29-28-,40-20-. The average Bonchev–Trinajstić information content (AvgIpc) is 3.37. The summed E-state index contributed by atoms with van der Waals surface area (Å²) in [6.07, 6.45) is 75.0. The fourth-order valence-corrected chi connectivity index (χ4v) is 8.93. The summed E-state index contributed by atoms with van der Waals surface area (Å²) in [5, 5.41) is 0. The van der Waals surface area contributed by atoms with Crippen molar-refractivity contribution in [3.63, 3.8) is 0 Å². The number of ether oxygens (including phenoxy) is 2. The van der Waals surface area contributed by atoms with E-state index < -0.39 is 26.5 Å². The molecule has 0 aliphatic heterocycles. The summed E-state index contributed by atoms with van der Waals surface area (Å²) in [7, 11) is -4.39. The van der Waals surface area contributed by atoms with Crippen LogP contribution < -0.4 is 5.73 Å². The molecular weight excluding hydrogens is 918 g/mol. The Labute approximate surface area is 443 Å². The number of phosphoric ester groups is 1. The first-order valence-electron chi connectivity index (χ1n) is 29.6. The molecule has 0 saturated carbocycles. The molecule has 2 unspecified atom stereocenters. The highest BCUT2D eigenvalue weighted by Crippen LogP contribution is 2.43. The van der Waals surface area contributed by atoms with E-state index in [2.05, 4.69) is 98.9 Å². The van der Waals surface area contributed by atoms with Crippen molar-refractivity contribution in [1.82, 2.24) is 0 Å². The van der Waals surface area contributed by atoms with E-state index in [4.69, 9.17) is 24.3 Å². The van der Waals surface area contributed by atoms with Gasteiger partial charge in [0.2, 0.25) is 0 Å². The van der Waals surface area contributed by atoms with Crippen LogP contribution in [0.4, 0.5) is 0 Å². The molecule has 0 saturated heterocycles. The molecule has 0 aromatic heterocycles. The fraction of sp³-hybridized carbons (Fsp3) is 0.742. The molecule has 0 fully saturated rings. The number of allylic oxidation sites excluding steroid dienone is 14. The van der Waals surface area contributed by atoms with Crippen LogP contribution in [0.1, 0.15) is 264 Å². The van der Waals surface area contributed by atoms with E-state index in [-0.39, 0.29) is 38.6 Å².